The summed E-state index contributed by atoms with van der Waals surface area (Å²) >= 11 is 0. The van der Waals surface area contributed by atoms with Gasteiger partial charge in [-0.1, -0.05) is 30.9 Å². The van der Waals surface area contributed by atoms with Crippen LogP contribution in [0.5, 0.6) is 11.5 Å². The molecule has 0 saturated heterocycles. The van der Waals surface area contributed by atoms with Crippen molar-refractivity contribution in [3.05, 3.63) is 71.8 Å². The Morgan fingerprint density at radius 2 is 1.79 bits per heavy atom. The maximum atomic E-state index is 12.7. The van der Waals surface area contributed by atoms with E-state index in [1.54, 1.807) is 25.1 Å². The van der Waals surface area contributed by atoms with Gasteiger partial charge in [0.05, 0.1) is 18.2 Å². The van der Waals surface area contributed by atoms with E-state index in [-0.39, 0.29) is 22.4 Å². The fraction of sp³-hybridized carbons (Fsp3) is 0.158. The first kappa shape index (κ1) is 17.3. The van der Waals surface area contributed by atoms with Gasteiger partial charge >= 0.3 is 5.97 Å². The number of esters is 1. The molecule has 1 N–H and O–H groups in total. The van der Waals surface area contributed by atoms with E-state index < -0.39 is 17.9 Å². The van der Waals surface area contributed by atoms with Crippen LogP contribution in [-0.4, -0.2) is 30.1 Å². The summed E-state index contributed by atoms with van der Waals surface area (Å²) in [5.74, 6) is -0.896. The molecule has 2 aromatic carbocycles. The molecule has 0 aliphatic heterocycles. The number of benzene rings is 2. The lowest BCUT2D eigenvalue weighted by Gasteiger charge is -2.12. The maximum Gasteiger partial charge on any atom is 0.339 e. The average molecular weight is 326 g/mol. The molecule has 124 valence electrons. The molecule has 5 heteroatoms. The van der Waals surface area contributed by atoms with Gasteiger partial charge in [-0.05, 0) is 25.1 Å². The van der Waals surface area contributed by atoms with E-state index in [0.717, 1.165) is 0 Å². The molecule has 0 aliphatic carbocycles. The molecular weight excluding hydrogens is 308 g/mol. The second-order valence-corrected chi connectivity index (χ2v) is 5.10. The largest absolute Gasteiger partial charge is 0.507 e. The van der Waals surface area contributed by atoms with E-state index >= 15 is 0 Å². The van der Waals surface area contributed by atoms with Crippen molar-refractivity contribution in [3.8, 4) is 11.5 Å². The molecule has 0 bridgehead atoms. The molecule has 0 aliphatic rings. The molecule has 1 unspecified atom stereocenters. The molecule has 0 spiro atoms. The Balaban J connectivity index is 2.40. The van der Waals surface area contributed by atoms with Crippen LogP contribution in [0.1, 0.15) is 33.2 Å². The van der Waals surface area contributed by atoms with E-state index in [1.807, 2.05) is 0 Å². The molecule has 0 radical (unpaired) electrons. The van der Waals surface area contributed by atoms with Crippen LogP contribution in [-0.2, 0) is 4.74 Å². The zero-order valence-corrected chi connectivity index (χ0v) is 13.5. The molecule has 0 fully saturated rings. The highest BCUT2D eigenvalue weighted by Crippen LogP contribution is 2.27. The molecule has 1 atom stereocenters. The van der Waals surface area contributed by atoms with Crippen LogP contribution in [0.4, 0.5) is 0 Å². The summed E-state index contributed by atoms with van der Waals surface area (Å²) in [6, 6.07) is 10.7. The number of rotatable bonds is 6. The zero-order chi connectivity index (χ0) is 17.7. The van der Waals surface area contributed by atoms with Crippen LogP contribution in [0.3, 0.4) is 0 Å². The lowest BCUT2D eigenvalue weighted by atomic mass is 9.97. The van der Waals surface area contributed by atoms with Gasteiger partial charge in [-0.2, -0.15) is 0 Å². The van der Waals surface area contributed by atoms with E-state index in [0.29, 0.717) is 5.75 Å². The first-order valence-corrected chi connectivity index (χ1v) is 7.32. The van der Waals surface area contributed by atoms with Crippen molar-refractivity contribution in [2.45, 2.75) is 13.0 Å². The van der Waals surface area contributed by atoms with Gasteiger partial charge in [0.15, 0.2) is 5.78 Å². The smallest absolute Gasteiger partial charge is 0.339 e. The van der Waals surface area contributed by atoms with Gasteiger partial charge in [-0.25, -0.2) is 4.79 Å². The molecule has 0 amide bonds. The fourth-order valence-electron chi connectivity index (χ4n) is 2.12. The van der Waals surface area contributed by atoms with Crippen molar-refractivity contribution in [1.82, 2.24) is 0 Å². The van der Waals surface area contributed by atoms with Crippen molar-refractivity contribution in [3.63, 3.8) is 0 Å². The van der Waals surface area contributed by atoms with Crippen molar-refractivity contribution in [2.75, 3.05) is 7.11 Å². The third kappa shape index (κ3) is 3.63. The van der Waals surface area contributed by atoms with Gasteiger partial charge in [0.2, 0.25) is 0 Å². The minimum Gasteiger partial charge on any atom is -0.507 e. The van der Waals surface area contributed by atoms with Gasteiger partial charge in [0, 0.05) is 11.6 Å². The van der Waals surface area contributed by atoms with Gasteiger partial charge in [0.25, 0.3) is 0 Å². The average Bonchev–Trinajstić information content (AvgIpc) is 2.60. The van der Waals surface area contributed by atoms with Crippen LogP contribution >= 0.6 is 0 Å². The number of carbonyl (C=O) groups excluding carboxylic acids is 2. The summed E-state index contributed by atoms with van der Waals surface area (Å²) in [4.78, 5) is 25.0. The number of ether oxygens (including phenoxy) is 2. The topological polar surface area (TPSA) is 72.8 Å². The molecule has 0 heterocycles. The standard InChI is InChI=1S/C19H18O5/c1-4-12(2)24-19(22)15-8-6-5-7-14(15)18(21)16-10-9-13(23-3)11-17(16)20/h4-12,20H,1H2,2-3H3. The summed E-state index contributed by atoms with van der Waals surface area (Å²) < 4.78 is 10.2. The van der Waals surface area contributed by atoms with Crippen molar-refractivity contribution in [1.29, 1.82) is 0 Å². The molecule has 0 aromatic heterocycles. The predicted octanol–water partition coefficient (Wildman–Crippen LogP) is 3.36. The number of hydrogen-bond acceptors (Lipinski definition) is 5. The van der Waals surface area contributed by atoms with E-state index in [1.165, 1.54) is 37.5 Å². The second-order valence-electron chi connectivity index (χ2n) is 5.10. The minimum atomic E-state index is -0.626. The normalized spacial score (nSPS) is 11.4. The first-order valence-electron chi connectivity index (χ1n) is 7.32. The number of ketones is 1. The molecule has 2 aromatic rings. The molecule has 24 heavy (non-hydrogen) atoms. The SMILES string of the molecule is C=CC(C)OC(=O)c1ccccc1C(=O)c1ccc(OC)cc1O. The molecule has 5 nitrogen and oxygen atoms in total. The number of carbonyl (C=O) groups is 2. The highest BCUT2D eigenvalue weighted by atomic mass is 16.5. The highest BCUT2D eigenvalue weighted by molar-refractivity contribution is 6.15. The number of phenols is 1. The Kier molecular flexibility index (Phi) is 5.37. The zero-order valence-electron chi connectivity index (χ0n) is 13.5. The van der Waals surface area contributed by atoms with Gasteiger partial charge in [-0.15, -0.1) is 0 Å². The van der Waals surface area contributed by atoms with Crippen LogP contribution in [0.2, 0.25) is 0 Å². The van der Waals surface area contributed by atoms with Crippen molar-refractivity contribution >= 4 is 11.8 Å². The van der Waals surface area contributed by atoms with Crippen LogP contribution < -0.4 is 4.74 Å². The van der Waals surface area contributed by atoms with Crippen molar-refractivity contribution in [2.24, 2.45) is 0 Å². The Morgan fingerprint density at radius 1 is 1.12 bits per heavy atom. The Morgan fingerprint density at radius 3 is 2.38 bits per heavy atom. The van der Waals surface area contributed by atoms with Crippen molar-refractivity contribution < 1.29 is 24.2 Å². The summed E-state index contributed by atoms with van der Waals surface area (Å²) in [6.07, 6.45) is 1.01. The van der Waals surface area contributed by atoms with E-state index in [4.69, 9.17) is 9.47 Å². The third-order valence-electron chi connectivity index (χ3n) is 3.47. The predicted molar refractivity (Wildman–Crippen MR) is 89.6 cm³/mol. The van der Waals surface area contributed by atoms with Crippen LogP contribution in [0.15, 0.2) is 55.1 Å². The fourth-order valence-corrected chi connectivity index (χ4v) is 2.12. The Bertz CT molecular complexity index is 779. The Hall–Kier alpha value is -3.08. The summed E-state index contributed by atoms with van der Waals surface area (Å²) in [7, 11) is 1.46. The maximum absolute atomic E-state index is 12.7. The monoisotopic (exact) mass is 326 g/mol. The van der Waals surface area contributed by atoms with E-state index in [2.05, 4.69) is 6.58 Å². The summed E-state index contributed by atoms with van der Waals surface area (Å²) in [6.45, 7) is 5.22. The van der Waals surface area contributed by atoms with Gasteiger partial charge < -0.3 is 14.6 Å². The van der Waals surface area contributed by atoms with E-state index in [9.17, 15) is 14.7 Å². The number of aromatic hydroxyl groups is 1. The van der Waals surface area contributed by atoms with Gasteiger partial charge in [-0.3, -0.25) is 4.79 Å². The Labute approximate surface area is 140 Å². The van der Waals surface area contributed by atoms with Crippen LogP contribution in [0.25, 0.3) is 0 Å². The quantitative estimate of drug-likeness (QED) is 0.500. The molecule has 2 rings (SSSR count). The van der Waals surface area contributed by atoms with Gasteiger partial charge in [0.1, 0.15) is 17.6 Å². The first-order chi connectivity index (χ1) is 11.5. The van der Waals surface area contributed by atoms with Crippen LogP contribution in [0, 0.1) is 0 Å². The molecular formula is C19H18O5. The number of phenolic OH excluding ortho intramolecular Hbond substituents is 1. The lowest BCUT2D eigenvalue weighted by Crippen LogP contribution is -2.16. The highest BCUT2D eigenvalue weighted by Gasteiger charge is 2.22. The number of hydrogen-bond donors (Lipinski definition) is 1. The molecule has 0 saturated carbocycles. The second kappa shape index (κ2) is 7.46. The summed E-state index contributed by atoms with van der Waals surface area (Å²) in [5.41, 5.74) is 0.360. The number of methoxy groups -OCH3 is 1. The third-order valence-corrected chi connectivity index (χ3v) is 3.47. The minimum absolute atomic E-state index is 0.0767. The summed E-state index contributed by atoms with van der Waals surface area (Å²) in [5, 5.41) is 10.0. The lowest BCUT2D eigenvalue weighted by molar-refractivity contribution is 0.0422.